The van der Waals surface area contributed by atoms with E-state index in [-0.39, 0.29) is 24.6 Å². The number of anilines is 1. The van der Waals surface area contributed by atoms with Crippen LogP contribution in [0.25, 0.3) is 0 Å². The van der Waals surface area contributed by atoms with Gasteiger partial charge in [-0.3, -0.25) is 0 Å². The number of halogens is 1. The van der Waals surface area contributed by atoms with E-state index >= 15 is 0 Å². The van der Waals surface area contributed by atoms with Gasteiger partial charge in [-0.05, 0) is 51.0 Å². The second-order valence-electron chi connectivity index (χ2n) is 7.19. The smallest absolute Gasteiger partial charge is 0.233 e. The molecule has 1 atom stereocenters. The third kappa shape index (κ3) is 7.85. The van der Waals surface area contributed by atoms with Crippen molar-refractivity contribution in [2.24, 2.45) is 5.84 Å². The minimum Gasteiger partial charge on any atom is -0.491 e. The third-order valence-corrected chi connectivity index (χ3v) is 3.96. The number of benzene rings is 1. The van der Waals surface area contributed by atoms with Crippen molar-refractivity contribution < 1.29 is 14.6 Å². The van der Waals surface area contributed by atoms with E-state index in [0.29, 0.717) is 24.8 Å². The molecule has 0 aliphatic heterocycles. The molecule has 0 radical (unpaired) electrons. The Morgan fingerprint density at radius 2 is 1.89 bits per heavy atom. The fourth-order valence-electron chi connectivity index (χ4n) is 2.28. The summed E-state index contributed by atoms with van der Waals surface area (Å²) in [6.45, 7) is 8.91. The number of hydrogen-bond donors (Lipinski definition) is 4. The summed E-state index contributed by atoms with van der Waals surface area (Å²) in [5, 5.41) is 21.3. The number of aromatic nitrogens is 2. The number of rotatable bonds is 10. The normalized spacial score (nSPS) is 12.1. The first-order valence-electron chi connectivity index (χ1n) is 8.85. The van der Waals surface area contributed by atoms with Crippen molar-refractivity contribution in [2.45, 2.75) is 39.3 Å². The Bertz CT molecular complexity index is 728. The van der Waals surface area contributed by atoms with Gasteiger partial charge in [0.15, 0.2) is 5.82 Å². The SMILES string of the molecule is Cc1ccc(C)c(OCC(O)CNC(C)(C)COc2ccc(NN)nn2)c1.Cl. The van der Waals surface area contributed by atoms with Crippen molar-refractivity contribution in [3.8, 4) is 11.6 Å². The van der Waals surface area contributed by atoms with Gasteiger partial charge < -0.3 is 25.3 Å². The van der Waals surface area contributed by atoms with Crippen LogP contribution in [0.3, 0.4) is 0 Å². The summed E-state index contributed by atoms with van der Waals surface area (Å²) in [5.41, 5.74) is 4.21. The highest BCUT2D eigenvalue weighted by atomic mass is 35.5. The highest BCUT2D eigenvalue weighted by Crippen LogP contribution is 2.19. The fourth-order valence-corrected chi connectivity index (χ4v) is 2.28. The van der Waals surface area contributed by atoms with Crippen molar-refractivity contribution in [2.75, 3.05) is 25.2 Å². The lowest BCUT2D eigenvalue weighted by molar-refractivity contribution is 0.0920. The van der Waals surface area contributed by atoms with E-state index in [4.69, 9.17) is 15.3 Å². The summed E-state index contributed by atoms with van der Waals surface area (Å²) in [6.07, 6.45) is -0.640. The molecular weight excluding hydrogens is 382 g/mol. The lowest BCUT2D eigenvalue weighted by Crippen LogP contribution is -2.48. The number of nitrogen functional groups attached to an aromatic ring is 1. The van der Waals surface area contributed by atoms with E-state index in [0.717, 1.165) is 16.9 Å². The van der Waals surface area contributed by atoms with Crippen LogP contribution in [-0.2, 0) is 0 Å². The van der Waals surface area contributed by atoms with Crippen LogP contribution in [0, 0.1) is 13.8 Å². The minimum atomic E-state index is -0.640. The number of aryl methyl sites for hydroxylation is 2. The molecule has 1 aromatic heterocycles. The van der Waals surface area contributed by atoms with E-state index < -0.39 is 6.10 Å². The lowest BCUT2D eigenvalue weighted by atomic mass is 10.1. The van der Waals surface area contributed by atoms with Gasteiger partial charge in [-0.25, -0.2) is 5.84 Å². The van der Waals surface area contributed by atoms with Crippen LogP contribution < -0.4 is 26.1 Å². The molecule has 0 bridgehead atoms. The molecule has 2 rings (SSSR count). The maximum Gasteiger partial charge on any atom is 0.233 e. The first-order valence-corrected chi connectivity index (χ1v) is 8.85. The molecule has 0 spiro atoms. The van der Waals surface area contributed by atoms with Gasteiger partial charge in [-0.15, -0.1) is 22.6 Å². The van der Waals surface area contributed by atoms with Gasteiger partial charge in [0.05, 0.1) is 0 Å². The number of hydrazine groups is 1. The Kier molecular flexibility index (Phi) is 9.40. The van der Waals surface area contributed by atoms with Gasteiger partial charge in [0, 0.05) is 18.2 Å². The molecule has 2 aromatic rings. The molecule has 8 nitrogen and oxygen atoms in total. The molecular formula is C19H30ClN5O3. The van der Waals surface area contributed by atoms with Crippen LogP contribution in [0.4, 0.5) is 5.82 Å². The van der Waals surface area contributed by atoms with E-state index in [2.05, 4.69) is 20.9 Å². The largest absolute Gasteiger partial charge is 0.491 e. The monoisotopic (exact) mass is 411 g/mol. The van der Waals surface area contributed by atoms with E-state index in [1.54, 1.807) is 12.1 Å². The van der Waals surface area contributed by atoms with E-state index in [9.17, 15) is 5.11 Å². The zero-order valence-corrected chi connectivity index (χ0v) is 17.5. The van der Waals surface area contributed by atoms with Gasteiger partial charge in [-0.1, -0.05) is 12.1 Å². The molecule has 0 fully saturated rings. The maximum absolute atomic E-state index is 10.2. The third-order valence-electron chi connectivity index (χ3n) is 3.96. The van der Waals surface area contributed by atoms with Crippen molar-refractivity contribution in [1.29, 1.82) is 0 Å². The molecule has 1 heterocycles. The molecule has 0 aliphatic rings. The Labute approximate surface area is 172 Å². The van der Waals surface area contributed by atoms with Gasteiger partial charge in [-0.2, -0.15) is 0 Å². The number of ether oxygens (including phenoxy) is 2. The number of nitrogens with one attached hydrogen (secondary N) is 2. The molecule has 1 unspecified atom stereocenters. The van der Waals surface area contributed by atoms with Gasteiger partial charge in [0.2, 0.25) is 5.88 Å². The molecule has 0 saturated carbocycles. The molecule has 0 aliphatic carbocycles. The van der Waals surface area contributed by atoms with Crippen LogP contribution in [0.2, 0.25) is 0 Å². The number of nitrogens with two attached hydrogens (primary N) is 1. The Morgan fingerprint density at radius 3 is 2.54 bits per heavy atom. The summed E-state index contributed by atoms with van der Waals surface area (Å²) >= 11 is 0. The zero-order valence-electron chi connectivity index (χ0n) is 16.7. The first-order chi connectivity index (χ1) is 12.8. The van der Waals surface area contributed by atoms with Gasteiger partial charge in [0.1, 0.15) is 25.1 Å². The lowest BCUT2D eigenvalue weighted by Gasteiger charge is -2.27. The average molecular weight is 412 g/mol. The Hall–Kier alpha value is -2.13. The topological polar surface area (TPSA) is 115 Å². The number of β-amino-alcohol motifs (C(OH)–C–C–N with tert-alkyl or cyclic N) is 1. The van der Waals surface area contributed by atoms with Crippen LogP contribution in [0.5, 0.6) is 11.6 Å². The van der Waals surface area contributed by atoms with Crippen molar-refractivity contribution in [3.05, 3.63) is 41.5 Å². The average Bonchev–Trinajstić information content (AvgIpc) is 2.66. The number of aliphatic hydroxyl groups excluding tert-OH is 1. The van der Waals surface area contributed by atoms with Crippen LogP contribution >= 0.6 is 12.4 Å². The summed E-state index contributed by atoms with van der Waals surface area (Å²) in [5.74, 6) is 6.92. The van der Waals surface area contributed by atoms with Crippen molar-refractivity contribution >= 4 is 18.2 Å². The first kappa shape index (κ1) is 23.9. The molecule has 0 saturated heterocycles. The standard InChI is InChI=1S/C19H29N5O3.ClH/c1-13-5-6-14(2)16(9-13)26-11-15(25)10-21-19(3,4)12-27-18-8-7-17(22-20)23-24-18;/h5-9,15,21,25H,10-12,20H2,1-4H3,(H,22,23);1H. The summed E-state index contributed by atoms with van der Waals surface area (Å²) in [4.78, 5) is 0. The van der Waals surface area contributed by atoms with E-state index in [1.807, 2.05) is 45.9 Å². The maximum atomic E-state index is 10.2. The molecule has 5 N–H and O–H groups in total. The Balaban J connectivity index is 0.00000392. The highest BCUT2D eigenvalue weighted by Gasteiger charge is 2.20. The van der Waals surface area contributed by atoms with Crippen LogP contribution in [0.15, 0.2) is 30.3 Å². The van der Waals surface area contributed by atoms with Crippen LogP contribution in [-0.4, -0.2) is 46.7 Å². The van der Waals surface area contributed by atoms with Crippen molar-refractivity contribution in [1.82, 2.24) is 15.5 Å². The van der Waals surface area contributed by atoms with E-state index in [1.165, 1.54) is 0 Å². The summed E-state index contributed by atoms with van der Waals surface area (Å²) in [7, 11) is 0. The molecule has 9 heteroatoms. The summed E-state index contributed by atoms with van der Waals surface area (Å²) < 4.78 is 11.4. The zero-order chi connectivity index (χ0) is 19.9. The second-order valence-corrected chi connectivity index (χ2v) is 7.19. The van der Waals surface area contributed by atoms with Gasteiger partial charge in [0.25, 0.3) is 0 Å². The summed E-state index contributed by atoms with van der Waals surface area (Å²) in [6, 6.07) is 9.38. The molecule has 0 amide bonds. The fraction of sp³-hybridized carbons (Fsp3) is 0.474. The Morgan fingerprint density at radius 1 is 1.14 bits per heavy atom. The molecule has 156 valence electrons. The number of nitrogens with zero attached hydrogens (tertiary/aromatic N) is 2. The van der Waals surface area contributed by atoms with Gasteiger partial charge >= 0.3 is 0 Å². The van der Waals surface area contributed by atoms with Crippen molar-refractivity contribution in [3.63, 3.8) is 0 Å². The second kappa shape index (κ2) is 11.0. The predicted octanol–water partition coefficient (Wildman–Crippen LogP) is 1.99. The quantitative estimate of drug-likeness (QED) is 0.346. The number of aliphatic hydroxyl groups is 1. The molecule has 28 heavy (non-hydrogen) atoms. The van der Waals surface area contributed by atoms with Crippen LogP contribution in [0.1, 0.15) is 25.0 Å². The number of hydrogen-bond acceptors (Lipinski definition) is 8. The predicted molar refractivity (Wildman–Crippen MR) is 112 cm³/mol. The molecule has 1 aromatic carbocycles. The highest BCUT2D eigenvalue weighted by molar-refractivity contribution is 5.85. The minimum absolute atomic E-state index is 0.